The van der Waals surface area contributed by atoms with Crippen LogP contribution >= 0.6 is 0 Å². The fourth-order valence-corrected chi connectivity index (χ4v) is 3.17. The van der Waals surface area contributed by atoms with Gasteiger partial charge < -0.3 is 20.5 Å². The Labute approximate surface area is 177 Å². The van der Waals surface area contributed by atoms with Gasteiger partial charge in [-0.3, -0.25) is 0 Å². The van der Waals surface area contributed by atoms with Gasteiger partial charge in [0.1, 0.15) is 0 Å². The first-order valence-corrected chi connectivity index (χ1v) is 9.95. The van der Waals surface area contributed by atoms with Crippen molar-refractivity contribution >= 4 is 22.9 Å². The number of amidine groups is 1. The van der Waals surface area contributed by atoms with E-state index in [0.717, 1.165) is 22.0 Å². The van der Waals surface area contributed by atoms with E-state index in [0.29, 0.717) is 18.2 Å². The minimum absolute atomic E-state index is 0.498. The maximum absolute atomic E-state index is 12.5. The molecule has 0 aromatic heterocycles. The maximum Gasteiger partial charge on any atom is 0.0967 e. The molecule has 0 spiro atoms. The van der Waals surface area contributed by atoms with E-state index in [4.69, 9.17) is 10.5 Å². The van der Waals surface area contributed by atoms with Crippen molar-refractivity contribution in [3.63, 3.8) is 0 Å². The first kappa shape index (κ1) is 19.8. The van der Waals surface area contributed by atoms with E-state index in [1.807, 2.05) is 116 Å². The zero-order valence-electron chi connectivity index (χ0n) is 17.4. The molecule has 0 saturated carbocycles. The molecular weight excluding hydrogens is 374 g/mol. The summed E-state index contributed by atoms with van der Waals surface area (Å²) < 4.78 is 0. The number of hydroxylamine groups is 1. The summed E-state index contributed by atoms with van der Waals surface area (Å²) in [6.45, 7) is 6.19. The lowest BCUT2D eigenvalue weighted by Crippen LogP contribution is -2.39. The van der Waals surface area contributed by atoms with E-state index < -0.39 is 5.54 Å². The fourth-order valence-electron chi connectivity index (χ4n) is 3.17. The average molecular weight is 399 g/mol. The van der Waals surface area contributed by atoms with E-state index in [1.165, 1.54) is 0 Å². The first-order chi connectivity index (χ1) is 14.4. The van der Waals surface area contributed by atoms with E-state index in [1.54, 1.807) is 0 Å². The first-order valence-electron chi connectivity index (χ1n) is 9.95. The van der Waals surface area contributed by atoms with Crippen molar-refractivity contribution in [2.45, 2.75) is 26.3 Å². The summed E-state index contributed by atoms with van der Waals surface area (Å²) >= 11 is 0. The Hall–Kier alpha value is -3.51. The molecule has 0 N–H and O–H groups in total. The van der Waals surface area contributed by atoms with Crippen molar-refractivity contribution < 1.29 is 5.21 Å². The number of hydrogen-bond donors (Lipinski definition) is 0. The summed E-state index contributed by atoms with van der Waals surface area (Å²) in [7, 11) is 0. The molecule has 3 aromatic rings. The highest BCUT2D eigenvalue weighted by Crippen LogP contribution is 2.29. The molecule has 0 fully saturated rings. The number of hydrogen-bond acceptors (Lipinski definition) is 4. The van der Waals surface area contributed by atoms with Crippen LogP contribution in [-0.2, 0) is 5.21 Å². The molecule has 0 amide bonds. The third kappa shape index (κ3) is 4.23. The molecule has 0 bridgehead atoms. The lowest BCUT2D eigenvalue weighted by atomic mass is 10.1. The molecular formula is C24H25N5O-. The molecule has 3 aromatic carbocycles. The zero-order valence-corrected chi connectivity index (χ0v) is 17.4. The van der Waals surface area contributed by atoms with Gasteiger partial charge in [-0.2, -0.15) is 0 Å². The number of benzene rings is 3. The van der Waals surface area contributed by atoms with Crippen molar-refractivity contribution in [1.82, 2.24) is 0 Å². The topological polar surface area (TPSA) is 56.1 Å². The lowest BCUT2D eigenvalue weighted by Gasteiger charge is -2.45. The monoisotopic (exact) mass is 399 g/mol. The van der Waals surface area contributed by atoms with Crippen LogP contribution < -0.4 is 15.1 Å². The van der Waals surface area contributed by atoms with Crippen LogP contribution in [0.1, 0.15) is 26.3 Å². The molecule has 0 aliphatic carbocycles. The zero-order chi connectivity index (χ0) is 21.1. The third-order valence-electron chi connectivity index (χ3n) is 4.78. The Bertz CT molecular complexity index is 997. The van der Waals surface area contributed by atoms with Crippen LogP contribution in [0.5, 0.6) is 0 Å². The normalized spacial score (nSPS) is 14.2. The Kier molecular flexibility index (Phi) is 5.33. The van der Waals surface area contributed by atoms with Crippen LogP contribution in [0.15, 0.2) is 90.0 Å². The molecule has 1 aliphatic heterocycles. The van der Waals surface area contributed by atoms with E-state index in [2.05, 4.69) is 0 Å². The van der Waals surface area contributed by atoms with Crippen molar-refractivity contribution in [1.29, 1.82) is 0 Å². The summed E-state index contributed by atoms with van der Waals surface area (Å²) in [5, 5.41) is 22.1. The maximum atomic E-state index is 12.5. The molecule has 6 nitrogen and oxygen atoms in total. The van der Waals surface area contributed by atoms with E-state index >= 15 is 0 Å². The van der Waals surface area contributed by atoms with Gasteiger partial charge in [-0.1, -0.05) is 53.7 Å². The molecule has 153 valence electrons. The highest BCUT2D eigenvalue weighted by molar-refractivity contribution is 6.10. The number of rotatable bonds is 4. The van der Waals surface area contributed by atoms with Crippen molar-refractivity contribution in [3.05, 3.63) is 95.9 Å². The second-order valence-corrected chi connectivity index (χ2v) is 8.15. The quantitative estimate of drug-likeness (QED) is 0.539. The smallest absolute Gasteiger partial charge is 0.0967 e. The Balaban J connectivity index is 1.67. The minimum Gasteiger partial charge on any atom is -0.371 e. The molecule has 0 atom stereocenters. The second kappa shape index (κ2) is 8.08. The molecule has 6 heteroatoms. The standard InChI is InChI=1S/C24H25N5O/c1-24(2,3)29(30)22-16-14-19(15-17-22)23-25-27(20-10-6-4-7-11-20)18-28(26-23)21-12-8-5-9-13-21/h4-17H,18H2,1-3H3/q-1. The van der Waals surface area contributed by atoms with Crippen molar-refractivity contribution in [2.75, 3.05) is 21.7 Å². The molecule has 0 saturated heterocycles. The predicted molar refractivity (Wildman–Crippen MR) is 122 cm³/mol. The Morgan fingerprint density at radius 1 is 0.833 bits per heavy atom. The van der Waals surface area contributed by atoms with Gasteiger partial charge in [-0.15, -0.1) is 0 Å². The average Bonchev–Trinajstić information content (AvgIpc) is 2.79. The van der Waals surface area contributed by atoms with E-state index in [-0.39, 0.29) is 0 Å². The number of hydrazone groups is 1. The summed E-state index contributed by atoms with van der Waals surface area (Å²) in [6, 6.07) is 27.5. The van der Waals surface area contributed by atoms with E-state index in [9.17, 15) is 5.21 Å². The van der Waals surface area contributed by atoms with Gasteiger partial charge in [-0.05, 0) is 68.6 Å². The predicted octanol–water partition coefficient (Wildman–Crippen LogP) is 5.57. The van der Waals surface area contributed by atoms with Gasteiger partial charge >= 0.3 is 0 Å². The number of para-hydroxylation sites is 2. The summed E-state index contributed by atoms with van der Waals surface area (Å²) in [4.78, 5) is 0. The van der Waals surface area contributed by atoms with Crippen LogP contribution in [-0.4, -0.2) is 18.0 Å². The van der Waals surface area contributed by atoms with Gasteiger partial charge in [0.15, 0.2) is 0 Å². The Morgan fingerprint density at radius 2 is 1.40 bits per heavy atom. The van der Waals surface area contributed by atoms with Crippen LogP contribution in [0.4, 0.5) is 17.1 Å². The van der Waals surface area contributed by atoms with Crippen molar-refractivity contribution in [3.8, 4) is 0 Å². The Morgan fingerprint density at radius 3 is 1.97 bits per heavy atom. The van der Waals surface area contributed by atoms with Gasteiger partial charge in [0.2, 0.25) is 0 Å². The molecule has 1 heterocycles. The second-order valence-electron chi connectivity index (χ2n) is 8.15. The van der Waals surface area contributed by atoms with Crippen LogP contribution in [0.25, 0.3) is 5.43 Å². The molecule has 4 rings (SSSR count). The summed E-state index contributed by atoms with van der Waals surface area (Å²) in [6.07, 6.45) is 0. The molecule has 0 unspecified atom stereocenters. The molecule has 30 heavy (non-hydrogen) atoms. The molecule has 1 aliphatic rings. The van der Waals surface area contributed by atoms with Gasteiger partial charge in [-0.25, -0.2) is 5.06 Å². The SMILES string of the molecule is CC(C)(C)N([O])c1ccc(C2=NN(c3ccccc3)CN(c3ccccc3)[N-]2)cc1. The summed E-state index contributed by atoms with van der Waals surface area (Å²) in [5.74, 6) is 0.591. The van der Waals surface area contributed by atoms with Crippen LogP contribution in [0.3, 0.4) is 0 Å². The van der Waals surface area contributed by atoms with Gasteiger partial charge in [0, 0.05) is 11.4 Å². The van der Waals surface area contributed by atoms with Crippen LogP contribution in [0, 0.1) is 0 Å². The van der Waals surface area contributed by atoms with Crippen molar-refractivity contribution in [2.24, 2.45) is 5.10 Å². The third-order valence-corrected chi connectivity index (χ3v) is 4.78. The minimum atomic E-state index is -0.498. The number of nitrogens with zero attached hydrogens (tertiary/aromatic N) is 5. The summed E-state index contributed by atoms with van der Waals surface area (Å²) in [5.41, 5.74) is 7.71. The largest absolute Gasteiger partial charge is 0.371 e. The fraction of sp³-hybridized carbons (Fsp3) is 0.208. The van der Waals surface area contributed by atoms with Crippen LogP contribution in [0.2, 0.25) is 0 Å². The highest BCUT2D eigenvalue weighted by Gasteiger charge is 2.21. The lowest BCUT2D eigenvalue weighted by molar-refractivity contribution is 0.102. The number of anilines is 3. The highest BCUT2D eigenvalue weighted by atomic mass is 16.5. The van der Waals surface area contributed by atoms with Gasteiger partial charge in [0.05, 0.1) is 17.9 Å². The van der Waals surface area contributed by atoms with Gasteiger partial charge in [0.25, 0.3) is 0 Å². The molecule has 1 radical (unpaired) electrons.